The van der Waals surface area contributed by atoms with Crippen LogP contribution in [0, 0.1) is 21.4 Å². The van der Waals surface area contributed by atoms with Gasteiger partial charge < -0.3 is 10.7 Å². The van der Waals surface area contributed by atoms with Gasteiger partial charge in [-0.05, 0) is 30.3 Å². The topological polar surface area (TPSA) is 117 Å². The lowest BCUT2D eigenvalue weighted by Gasteiger charge is -2.10. The highest BCUT2D eigenvalue weighted by atomic mass is 16.6. The minimum absolute atomic E-state index is 0.155. The molecule has 0 spiro atoms. The second-order valence-corrected chi connectivity index (χ2v) is 3.92. The van der Waals surface area contributed by atoms with Crippen LogP contribution in [-0.4, -0.2) is 4.92 Å². The number of benzene rings is 2. The van der Waals surface area contributed by atoms with Crippen LogP contribution in [0.5, 0.6) is 0 Å². The zero-order valence-corrected chi connectivity index (χ0v) is 10.3. The summed E-state index contributed by atoms with van der Waals surface area (Å²) in [6.45, 7) is 0. The zero-order valence-electron chi connectivity index (χ0n) is 10.3. The van der Waals surface area contributed by atoms with Gasteiger partial charge in [0.2, 0.25) is 0 Å². The fourth-order valence-electron chi connectivity index (χ4n) is 1.78. The van der Waals surface area contributed by atoms with Gasteiger partial charge in [0.25, 0.3) is 0 Å². The number of nitriles is 1. The maximum absolute atomic E-state index is 11.1. The van der Waals surface area contributed by atoms with Gasteiger partial charge in [-0.15, -0.1) is 0 Å². The lowest BCUT2D eigenvalue weighted by molar-refractivity contribution is -0.383. The van der Waals surface area contributed by atoms with E-state index in [0.717, 1.165) is 0 Å². The van der Waals surface area contributed by atoms with Crippen LogP contribution in [-0.2, 0) is 0 Å². The quantitative estimate of drug-likeness (QED) is 0.446. The number of rotatable bonds is 4. The standard InChI is InChI=1S/C13H11N5O2/c14-8-9-3-1-4-10(7-9)16-11-5-2-6-12(17-15)13(11)18(19)20/h1-7,16-17H,15H2. The van der Waals surface area contributed by atoms with Crippen LogP contribution < -0.4 is 16.6 Å². The number of para-hydroxylation sites is 1. The molecule has 7 heteroatoms. The van der Waals surface area contributed by atoms with Crippen LogP contribution in [0.1, 0.15) is 5.56 Å². The molecule has 0 atom stereocenters. The van der Waals surface area contributed by atoms with Gasteiger partial charge in [-0.1, -0.05) is 12.1 Å². The molecular formula is C13H11N5O2. The van der Waals surface area contributed by atoms with Gasteiger partial charge in [0.05, 0.1) is 16.6 Å². The molecule has 0 aromatic heterocycles. The third-order valence-corrected chi connectivity index (χ3v) is 2.64. The Kier molecular flexibility index (Phi) is 3.79. The number of hydrogen-bond acceptors (Lipinski definition) is 6. The van der Waals surface area contributed by atoms with Crippen molar-refractivity contribution in [1.29, 1.82) is 5.26 Å². The van der Waals surface area contributed by atoms with Gasteiger partial charge in [0, 0.05) is 5.69 Å². The van der Waals surface area contributed by atoms with Gasteiger partial charge in [-0.25, -0.2) is 0 Å². The predicted octanol–water partition coefficient (Wildman–Crippen LogP) is 2.50. The van der Waals surface area contributed by atoms with Gasteiger partial charge in [0.1, 0.15) is 11.4 Å². The fraction of sp³-hybridized carbons (Fsp3) is 0. The molecule has 0 fully saturated rings. The summed E-state index contributed by atoms with van der Waals surface area (Å²) in [4.78, 5) is 10.6. The van der Waals surface area contributed by atoms with Gasteiger partial charge >= 0.3 is 5.69 Å². The SMILES string of the molecule is N#Cc1cccc(Nc2cccc(NN)c2[N+](=O)[O-])c1. The second-order valence-electron chi connectivity index (χ2n) is 3.92. The maximum Gasteiger partial charge on any atom is 0.316 e. The molecule has 0 radical (unpaired) electrons. The van der Waals surface area contributed by atoms with E-state index in [0.29, 0.717) is 16.9 Å². The molecular weight excluding hydrogens is 258 g/mol. The average Bonchev–Trinajstić information content (AvgIpc) is 2.46. The third-order valence-electron chi connectivity index (χ3n) is 2.64. The summed E-state index contributed by atoms with van der Waals surface area (Å²) in [7, 11) is 0. The molecule has 4 N–H and O–H groups in total. The molecule has 0 heterocycles. The first-order chi connectivity index (χ1) is 9.65. The molecule has 100 valence electrons. The highest BCUT2D eigenvalue weighted by Gasteiger charge is 2.19. The summed E-state index contributed by atoms with van der Waals surface area (Å²) in [6.07, 6.45) is 0. The number of anilines is 3. The number of nitrogens with one attached hydrogen (secondary N) is 2. The molecule has 0 amide bonds. The van der Waals surface area contributed by atoms with E-state index >= 15 is 0 Å². The van der Waals surface area contributed by atoms with Crippen molar-refractivity contribution in [1.82, 2.24) is 0 Å². The molecule has 0 aliphatic heterocycles. The van der Waals surface area contributed by atoms with Gasteiger partial charge in [-0.3, -0.25) is 16.0 Å². The Morgan fingerprint density at radius 2 is 1.90 bits per heavy atom. The Morgan fingerprint density at radius 3 is 2.55 bits per heavy atom. The molecule has 2 aromatic carbocycles. The fourth-order valence-corrected chi connectivity index (χ4v) is 1.78. The van der Waals surface area contributed by atoms with Crippen LogP contribution >= 0.6 is 0 Å². The van der Waals surface area contributed by atoms with Gasteiger partial charge in [-0.2, -0.15) is 5.26 Å². The van der Waals surface area contributed by atoms with Crippen molar-refractivity contribution in [2.75, 3.05) is 10.7 Å². The number of nitrogens with two attached hydrogens (primary N) is 1. The predicted molar refractivity (Wildman–Crippen MR) is 75.3 cm³/mol. The number of hydrazine groups is 1. The summed E-state index contributed by atoms with van der Waals surface area (Å²) >= 11 is 0. The van der Waals surface area contributed by atoms with Crippen LogP contribution in [0.25, 0.3) is 0 Å². The van der Waals surface area contributed by atoms with E-state index in [1.807, 2.05) is 6.07 Å². The monoisotopic (exact) mass is 269 g/mol. The largest absolute Gasteiger partial charge is 0.350 e. The smallest absolute Gasteiger partial charge is 0.316 e. The highest BCUT2D eigenvalue weighted by Crippen LogP contribution is 2.34. The molecule has 0 aliphatic rings. The maximum atomic E-state index is 11.1. The van der Waals surface area contributed by atoms with Crippen molar-refractivity contribution < 1.29 is 4.92 Å². The van der Waals surface area contributed by atoms with E-state index in [4.69, 9.17) is 11.1 Å². The first kappa shape index (κ1) is 13.3. The molecule has 0 saturated carbocycles. The summed E-state index contributed by atoms with van der Waals surface area (Å²) in [6, 6.07) is 13.4. The summed E-state index contributed by atoms with van der Waals surface area (Å²) in [5.41, 5.74) is 3.68. The second kappa shape index (κ2) is 5.69. The Hall–Kier alpha value is -3.11. The molecule has 2 rings (SSSR count). The molecule has 20 heavy (non-hydrogen) atoms. The normalized spacial score (nSPS) is 9.60. The van der Waals surface area contributed by atoms with Crippen molar-refractivity contribution in [3.05, 3.63) is 58.1 Å². The van der Waals surface area contributed by atoms with Gasteiger partial charge in [0.15, 0.2) is 0 Å². The minimum Gasteiger partial charge on any atom is -0.350 e. The number of nitrogen functional groups attached to an aromatic ring is 1. The average molecular weight is 269 g/mol. The van der Waals surface area contributed by atoms with Crippen molar-refractivity contribution in [2.24, 2.45) is 5.84 Å². The summed E-state index contributed by atoms with van der Waals surface area (Å²) in [5.74, 6) is 5.27. The highest BCUT2D eigenvalue weighted by molar-refractivity contribution is 5.79. The van der Waals surface area contributed by atoms with E-state index in [1.54, 1.807) is 36.4 Å². The summed E-state index contributed by atoms with van der Waals surface area (Å²) < 4.78 is 0. The number of nitro benzene ring substituents is 1. The minimum atomic E-state index is -0.522. The number of nitro groups is 1. The Balaban J connectivity index is 2.43. The van der Waals surface area contributed by atoms with E-state index in [1.165, 1.54) is 6.07 Å². The van der Waals surface area contributed by atoms with E-state index in [-0.39, 0.29) is 11.4 Å². The molecule has 7 nitrogen and oxygen atoms in total. The molecule has 0 saturated heterocycles. The number of nitrogens with zero attached hydrogens (tertiary/aromatic N) is 2. The molecule has 0 unspecified atom stereocenters. The Bertz CT molecular complexity index is 693. The van der Waals surface area contributed by atoms with E-state index < -0.39 is 4.92 Å². The number of hydrogen-bond donors (Lipinski definition) is 3. The Labute approximate surface area is 114 Å². The van der Waals surface area contributed by atoms with E-state index in [2.05, 4.69) is 10.7 Å². The Morgan fingerprint density at radius 1 is 1.20 bits per heavy atom. The first-order valence-corrected chi connectivity index (χ1v) is 5.67. The van der Waals surface area contributed by atoms with Crippen LogP contribution in [0.4, 0.5) is 22.7 Å². The van der Waals surface area contributed by atoms with E-state index in [9.17, 15) is 10.1 Å². The lowest BCUT2D eigenvalue weighted by Crippen LogP contribution is -2.10. The van der Waals surface area contributed by atoms with Crippen molar-refractivity contribution >= 4 is 22.7 Å². The van der Waals surface area contributed by atoms with Crippen LogP contribution in [0.2, 0.25) is 0 Å². The molecule has 0 aliphatic carbocycles. The lowest BCUT2D eigenvalue weighted by atomic mass is 10.2. The van der Waals surface area contributed by atoms with Crippen LogP contribution in [0.3, 0.4) is 0 Å². The molecule has 2 aromatic rings. The first-order valence-electron chi connectivity index (χ1n) is 5.67. The van der Waals surface area contributed by atoms with Crippen LogP contribution in [0.15, 0.2) is 42.5 Å². The van der Waals surface area contributed by atoms with Crippen molar-refractivity contribution in [3.8, 4) is 6.07 Å². The van der Waals surface area contributed by atoms with Crippen molar-refractivity contribution in [3.63, 3.8) is 0 Å². The molecule has 0 bridgehead atoms. The zero-order chi connectivity index (χ0) is 14.5. The van der Waals surface area contributed by atoms with Crippen molar-refractivity contribution in [2.45, 2.75) is 0 Å². The summed E-state index contributed by atoms with van der Waals surface area (Å²) in [5, 5.41) is 22.9. The third kappa shape index (κ3) is 2.66.